The fraction of sp³-hybridized carbons (Fsp3) is 0.300. The van der Waals surface area contributed by atoms with Gasteiger partial charge in [0.1, 0.15) is 0 Å². The summed E-state index contributed by atoms with van der Waals surface area (Å²) in [5.74, 6) is 0. The van der Waals surface area contributed by atoms with E-state index in [0.29, 0.717) is 12.1 Å². The Labute approximate surface area is 171 Å². The average molecular weight is 407 g/mol. The van der Waals surface area contributed by atoms with Gasteiger partial charge in [-0.05, 0) is 31.2 Å². The summed E-state index contributed by atoms with van der Waals surface area (Å²) < 4.78 is 1.71. The van der Waals surface area contributed by atoms with Gasteiger partial charge in [0, 0.05) is 31.9 Å². The number of para-hydroxylation sites is 1. The lowest BCUT2D eigenvalue weighted by atomic mass is 10.2. The Kier molecular flexibility index (Phi) is 7.25. The molecule has 1 saturated heterocycles. The van der Waals surface area contributed by atoms with Crippen molar-refractivity contribution >= 4 is 41.4 Å². The van der Waals surface area contributed by atoms with Gasteiger partial charge < -0.3 is 4.90 Å². The Morgan fingerprint density at radius 3 is 2.30 bits per heavy atom. The van der Waals surface area contributed by atoms with Crippen LogP contribution in [-0.4, -0.2) is 40.6 Å². The van der Waals surface area contributed by atoms with Crippen molar-refractivity contribution in [3.05, 3.63) is 70.8 Å². The number of anilines is 1. The van der Waals surface area contributed by atoms with E-state index in [-0.39, 0.29) is 30.4 Å². The highest BCUT2D eigenvalue weighted by Crippen LogP contribution is 2.17. The molecule has 0 spiro atoms. The minimum atomic E-state index is 0. The number of hydrogen-bond acceptors (Lipinski definition) is 4. The first-order chi connectivity index (χ1) is 12.2. The van der Waals surface area contributed by atoms with E-state index in [0.717, 1.165) is 31.7 Å². The summed E-state index contributed by atoms with van der Waals surface area (Å²) in [4.78, 5) is 21.7. The van der Waals surface area contributed by atoms with Gasteiger partial charge in [0.25, 0.3) is 5.56 Å². The molecule has 2 aromatic carbocycles. The smallest absolute Gasteiger partial charge is 0.262 e. The molecule has 4 rings (SSSR count). The lowest BCUT2D eigenvalue weighted by Gasteiger charge is -2.36. The summed E-state index contributed by atoms with van der Waals surface area (Å²) in [5.41, 5.74) is 3.35. The van der Waals surface area contributed by atoms with E-state index in [1.54, 1.807) is 10.9 Å². The van der Waals surface area contributed by atoms with Crippen LogP contribution in [-0.2, 0) is 6.67 Å². The predicted octanol–water partition coefficient (Wildman–Crippen LogP) is 3.33. The Morgan fingerprint density at radius 1 is 0.926 bits per heavy atom. The van der Waals surface area contributed by atoms with Crippen LogP contribution >= 0.6 is 24.8 Å². The second-order valence-corrected chi connectivity index (χ2v) is 6.62. The number of benzene rings is 2. The van der Waals surface area contributed by atoms with Crippen molar-refractivity contribution in [2.24, 2.45) is 0 Å². The molecule has 144 valence electrons. The number of nitrogens with zero attached hydrogens (tertiary/aromatic N) is 4. The van der Waals surface area contributed by atoms with Gasteiger partial charge in [-0.1, -0.05) is 29.8 Å². The van der Waals surface area contributed by atoms with Gasteiger partial charge in [-0.15, -0.1) is 24.8 Å². The summed E-state index contributed by atoms with van der Waals surface area (Å²) in [6.07, 6.45) is 1.66. The van der Waals surface area contributed by atoms with Gasteiger partial charge in [0.2, 0.25) is 0 Å². The number of aryl methyl sites for hydroxylation is 1. The third-order valence-electron chi connectivity index (χ3n) is 4.86. The molecular formula is C20H24Cl2N4O. The van der Waals surface area contributed by atoms with Gasteiger partial charge in [-0.3, -0.25) is 14.3 Å². The lowest BCUT2D eigenvalue weighted by Crippen LogP contribution is -2.47. The van der Waals surface area contributed by atoms with Crippen LogP contribution in [0.5, 0.6) is 0 Å². The minimum absolute atomic E-state index is 0. The molecule has 0 saturated carbocycles. The van der Waals surface area contributed by atoms with Crippen molar-refractivity contribution in [3.8, 4) is 0 Å². The lowest BCUT2D eigenvalue weighted by molar-refractivity contribution is 0.203. The Hall–Kier alpha value is -2.08. The molecule has 1 aliphatic rings. The SMILES string of the molecule is Cc1ccc(N2CCN(Cn3cnc4ccccc4c3=O)CC2)cc1.Cl.Cl. The fourth-order valence-electron chi connectivity index (χ4n) is 3.33. The molecule has 0 aliphatic carbocycles. The molecule has 1 aromatic heterocycles. The second-order valence-electron chi connectivity index (χ2n) is 6.62. The molecule has 0 radical (unpaired) electrons. The normalized spacial score (nSPS) is 14.5. The standard InChI is InChI=1S/C20H22N4O.2ClH/c1-16-6-8-17(9-7-16)23-12-10-22(11-13-23)15-24-14-21-19-5-3-2-4-18(19)20(24)25;;/h2-9,14H,10-13,15H2,1H3;2*1H. The molecule has 0 bridgehead atoms. The maximum atomic E-state index is 12.6. The molecule has 5 nitrogen and oxygen atoms in total. The zero-order chi connectivity index (χ0) is 17.2. The van der Waals surface area contributed by atoms with Crippen LogP contribution in [0.3, 0.4) is 0 Å². The first-order valence-electron chi connectivity index (χ1n) is 8.69. The van der Waals surface area contributed by atoms with Crippen molar-refractivity contribution in [1.82, 2.24) is 14.5 Å². The topological polar surface area (TPSA) is 41.4 Å². The molecule has 0 atom stereocenters. The minimum Gasteiger partial charge on any atom is -0.369 e. The van der Waals surface area contributed by atoms with Gasteiger partial charge >= 0.3 is 0 Å². The molecular weight excluding hydrogens is 383 g/mol. The first-order valence-corrected chi connectivity index (χ1v) is 8.69. The number of aromatic nitrogens is 2. The Morgan fingerprint density at radius 2 is 1.59 bits per heavy atom. The van der Waals surface area contributed by atoms with Crippen molar-refractivity contribution in [2.45, 2.75) is 13.6 Å². The number of hydrogen-bond donors (Lipinski definition) is 0. The molecule has 1 aliphatic heterocycles. The number of fused-ring (bicyclic) bond motifs is 1. The molecule has 27 heavy (non-hydrogen) atoms. The van der Waals surface area contributed by atoms with Gasteiger partial charge in [-0.2, -0.15) is 0 Å². The maximum absolute atomic E-state index is 12.6. The van der Waals surface area contributed by atoms with Crippen LogP contribution in [0.4, 0.5) is 5.69 Å². The van der Waals surface area contributed by atoms with Crippen molar-refractivity contribution < 1.29 is 0 Å². The van der Waals surface area contributed by atoms with Crippen LogP contribution < -0.4 is 10.5 Å². The van der Waals surface area contributed by atoms with E-state index in [1.165, 1.54) is 11.3 Å². The highest BCUT2D eigenvalue weighted by molar-refractivity contribution is 5.85. The van der Waals surface area contributed by atoms with Crippen LogP contribution in [0.25, 0.3) is 10.9 Å². The Balaban J connectivity index is 0.00000131. The van der Waals surface area contributed by atoms with Crippen molar-refractivity contribution in [2.75, 3.05) is 31.1 Å². The van der Waals surface area contributed by atoms with E-state index in [2.05, 4.69) is 46.0 Å². The molecule has 1 fully saturated rings. The summed E-state index contributed by atoms with van der Waals surface area (Å²) in [7, 11) is 0. The molecule has 2 heterocycles. The van der Waals surface area contributed by atoms with Crippen LogP contribution in [0.2, 0.25) is 0 Å². The van der Waals surface area contributed by atoms with Crippen LogP contribution in [0.1, 0.15) is 5.56 Å². The average Bonchev–Trinajstić information content (AvgIpc) is 2.66. The highest BCUT2D eigenvalue weighted by Gasteiger charge is 2.18. The summed E-state index contributed by atoms with van der Waals surface area (Å²) in [6.45, 7) is 6.52. The van der Waals surface area contributed by atoms with Crippen LogP contribution in [0.15, 0.2) is 59.7 Å². The van der Waals surface area contributed by atoms with Crippen LogP contribution in [0, 0.1) is 6.92 Å². The summed E-state index contributed by atoms with van der Waals surface area (Å²) in [6, 6.07) is 16.2. The maximum Gasteiger partial charge on any atom is 0.262 e. The van der Waals surface area contributed by atoms with Crippen molar-refractivity contribution in [3.63, 3.8) is 0 Å². The summed E-state index contributed by atoms with van der Waals surface area (Å²) in [5, 5.41) is 0.684. The molecule has 0 N–H and O–H groups in total. The largest absolute Gasteiger partial charge is 0.369 e. The Bertz CT molecular complexity index is 935. The molecule has 7 heteroatoms. The van der Waals surface area contributed by atoms with Gasteiger partial charge in [0.05, 0.1) is 23.9 Å². The molecule has 0 unspecified atom stereocenters. The second kappa shape index (κ2) is 9.22. The quantitative estimate of drug-likeness (QED) is 0.668. The zero-order valence-electron chi connectivity index (χ0n) is 15.2. The monoisotopic (exact) mass is 406 g/mol. The third kappa shape index (κ3) is 4.61. The molecule has 3 aromatic rings. The van der Waals surface area contributed by atoms with Gasteiger partial charge in [-0.25, -0.2) is 4.98 Å². The van der Waals surface area contributed by atoms with E-state index < -0.39 is 0 Å². The number of piperazine rings is 1. The van der Waals surface area contributed by atoms with E-state index in [4.69, 9.17) is 0 Å². The fourth-order valence-corrected chi connectivity index (χ4v) is 3.33. The summed E-state index contributed by atoms with van der Waals surface area (Å²) >= 11 is 0. The third-order valence-corrected chi connectivity index (χ3v) is 4.86. The molecule has 0 amide bonds. The zero-order valence-corrected chi connectivity index (χ0v) is 16.9. The first kappa shape index (κ1) is 21.2. The van der Waals surface area contributed by atoms with E-state index in [9.17, 15) is 4.79 Å². The predicted molar refractivity (Wildman–Crippen MR) is 115 cm³/mol. The number of rotatable bonds is 3. The van der Waals surface area contributed by atoms with E-state index >= 15 is 0 Å². The highest BCUT2D eigenvalue weighted by atomic mass is 35.5. The van der Waals surface area contributed by atoms with Gasteiger partial charge in [0.15, 0.2) is 0 Å². The van der Waals surface area contributed by atoms with E-state index in [1.807, 2.05) is 24.3 Å². The van der Waals surface area contributed by atoms with Crippen molar-refractivity contribution in [1.29, 1.82) is 0 Å². The number of halogens is 2.